The first kappa shape index (κ1) is 13.5. The van der Waals surface area contributed by atoms with Gasteiger partial charge in [-0.15, -0.1) is 0 Å². The Morgan fingerprint density at radius 3 is 2.52 bits per heavy atom. The lowest BCUT2D eigenvalue weighted by Gasteiger charge is -2.03. The highest BCUT2D eigenvalue weighted by Gasteiger charge is 2.19. The number of hydrogen-bond acceptors (Lipinski definition) is 5. The summed E-state index contributed by atoms with van der Waals surface area (Å²) in [6.45, 7) is 8.17. The number of rotatable bonds is 3. The second-order valence-electron chi connectivity index (χ2n) is 5.74. The minimum absolute atomic E-state index is 0.478. The lowest BCUT2D eigenvalue weighted by Crippen LogP contribution is -2.07. The van der Waals surface area contributed by atoms with E-state index in [0.717, 1.165) is 28.9 Å². The molecule has 0 aromatic carbocycles. The molecular weight excluding hydrogens is 266 g/mol. The fourth-order valence-corrected chi connectivity index (χ4v) is 2.47. The monoisotopic (exact) mass is 285 g/mol. The molecule has 0 atom stereocenters. The molecule has 3 N–H and O–H groups in total. The van der Waals surface area contributed by atoms with Crippen LogP contribution in [0.4, 0.5) is 5.82 Å². The normalized spacial score (nSPS) is 11.7. The maximum atomic E-state index is 5.99. The molecule has 3 heterocycles. The number of nitrogen functional groups attached to an aromatic ring is 1. The zero-order chi connectivity index (χ0) is 15.1. The van der Waals surface area contributed by atoms with Gasteiger partial charge < -0.3 is 5.73 Å². The summed E-state index contributed by atoms with van der Waals surface area (Å²) < 4.78 is 1.67. The molecule has 0 saturated heterocycles. The lowest BCUT2D eigenvalue weighted by atomic mass is 10.1. The number of H-pyrrole nitrogens is 1. The topological polar surface area (TPSA) is 98.3 Å². The van der Waals surface area contributed by atoms with Crippen molar-refractivity contribution >= 4 is 16.9 Å². The molecule has 0 amide bonds. The van der Waals surface area contributed by atoms with Gasteiger partial charge in [0.1, 0.15) is 5.82 Å². The minimum Gasteiger partial charge on any atom is -0.383 e. The molecule has 3 aromatic rings. The molecule has 0 aliphatic heterocycles. The molecule has 21 heavy (non-hydrogen) atoms. The lowest BCUT2D eigenvalue weighted by molar-refractivity contribution is 0.627. The Morgan fingerprint density at radius 2 is 1.90 bits per heavy atom. The first-order chi connectivity index (χ1) is 9.95. The van der Waals surface area contributed by atoms with Gasteiger partial charge in [0.25, 0.3) is 5.95 Å². The molecule has 7 heteroatoms. The van der Waals surface area contributed by atoms with Crippen LogP contribution in [0, 0.1) is 19.8 Å². The zero-order valence-corrected chi connectivity index (χ0v) is 12.7. The fraction of sp³-hybridized carbons (Fsp3) is 0.429. The van der Waals surface area contributed by atoms with Crippen LogP contribution in [0.1, 0.15) is 30.9 Å². The second kappa shape index (κ2) is 4.83. The summed E-state index contributed by atoms with van der Waals surface area (Å²) in [5.41, 5.74) is 9.39. The van der Waals surface area contributed by atoms with Crippen LogP contribution in [0.2, 0.25) is 0 Å². The molecular formula is C14H19N7. The van der Waals surface area contributed by atoms with Crippen LogP contribution in [0.5, 0.6) is 0 Å². The number of nitrogens with two attached hydrogens (primary N) is 1. The van der Waals surface area contributed by atoms with Gasteiger partial charge in [0.05, 0.1) is 11.1 Å². The molecule has 0 radical (unpaired) electrons. The molecule has 3 aromatic heterocycles. The smallest absolute Gasteiger partial charge is 0.253 e. The van der Waals surface area contributed by atoms with Crippen LogP contribution < -0.4 is 5.73 Å². The summed E-state index contributed by atoms with van der Waals surface area (Å²) in [5.74, 6) is 1.54. The third-order valence-electron chi connectivity index (χ3n) is 3.25. The van der Waals surface area contributed by atoms with Crippen LogP contribution in [0.15, 0.2) is 6.07 Å². The first-order valence-corrected chi connectivity index (χ1v) is 6.99. The summed E-state index contributed by atoms with van der Waals surface area (Å²) >= 11 is 0. The largest absolute Gasteiger partial charge is 0.383 e. The van der Waals surface area contributed by atoms with E-state index in [0.29, 0.717) is 23.3 Å². The van der Waals surface area contributed by atoms with E-state index >= 15 is 0 Å². The van der Waals surface area contributed by atoms with Gasteiger partial charge in [-0.2, -0.15) is 14.9 Å². The van der Waals surface area contributed by atoms with Gasteiger partial charge in [0.15, 0.2) is 5.65 Å². The van der Waals surface area contributed by atoms with Gasteiger partial charge in [-0.3, -0.25) is 5.10 Å². The number of anilines is 1. The van der Waals surface area contributed by atoms with Crippen molar-refractivity contribution in [3.8, 4) is 5.95 Å². The van der Waals surface area contributed by atoms with E-state index in [4.69, 9.17) is 5.73 Å². The van der Waals surface area contributed by atoms with E-state index in [9.17, 15) is 0 Å². The molecule has 110 valence electrons. The van der Waals surface area contributed by atoms with Gasteiger partial charge in [0, 0.05) is 11.4 Å². The third-order valence-corrected chi connectivity index (χ3v) is 3.25. The van der Waals surface area contributed by atoms with Crippen molar-refractivity contribution in [1.82, 2.24) is 29.9 Å². The van der Waals surface area contributed by atoms with Gasteiger partial charge in [-0.25, -0.2) is 9.97 Å². The van der Waals surface area contributed by atoms with E-state index in [2.05, 4.69) is 39.1 Å². The van der Waals surface area contributed by atoms with E-state index in [1.54, 1.807) is 4.68 Å². The Kier molecular flexibility index (Phi) is 3.12. The predicted octanol–water partition coefficient (Wildman–Crippen LogP) is 1.94. The van der Waals surface area contributed by atoms with Crippen molar-refractivity contribution in [2.24, 2.45) is 5.92 Å². The Hall–Kier alpha value is -2.44. The van der Waals surface area contributed by atoms with Gasteiger partial charge in [-0.05, 0) is 32.3 Å². The van der Waals surface area contributed by atoms with Gasteiger partial charge in [0.2, 0.25) is 0 Å². The average molecular weight is 285 g/mol. The highest BCUT2D eigenvalue weighted by Crippen LogP contribution is 2.25. The highest BCUT2D eigenvalue weighted by atomic mass is 15.4. The molecule has 0 unspecified atom stereocenters. The quantitative estimate of drug-likeness (QED) is 0.766. The van der Waals surface area contributed by atoms with Crippen molar-refractivity contribution in [3.05, 3.63) is 23.1 Å². The number of fused-ring (bicyclic) bond motifs is 1. The summed E-state index contributed by atoms with van der Waals surface area (Å²) in [7, 11) is 0. The van der Waals surface area contributed by atoms with E-state index in [1.807, 2.05) is 19.9 Å². The average Bonchev–Trinajstić information content (AvgIpc) is 2.90. The van der Waals surface area contributed by atoms with E-state index < -0.39 is 0 Å². The van der Waals surface area contributed by atoms with Crippen LogP contribution in [-0.2, 0) is 6.42 Å². The fourth-order valence-electron chi connectivity index (χ4n) is 2.47. The third kappa shape index (κ3) is 2.35. The summed E-state index contributed by atoms with van der Waals surface area (Å²) in [5, 5.41) is 12.6. The molecule has 7 nitrogen and oxygen atoms in total. The van der Waals surface area contributed by atoms with Crippen molar-refractivity contribution < 1.29 is 0 Å². The number of aromatic amines is 1. The number of hydrogen-bond donors (Lipinski definition) is 2. The Balaban J connectivity index is 2.23. The summed E-state index contributed by atoms with van der Waals surface area (Å²) in [4.78, 5) is 8.90. The maximum Gasteiger partial charge on any atom is 0.253 e. The van der Waals surface area contributed by atoms with Crippen molar-refractivity contribution in [3.63, 3.8) is 0 Å². The highest BCUT2D eigenvalue weighted by molar-refractivity contribution is 5.89. The second-order valence-corrected chi connectivity index (χ2v) is 5.74. The van der Waals surface area contributed by atoms with E-state index in [-0.39, 0.29) is 0 Å². The Morgan fingerprint density at radius 1 is 1.24 bits per heavy atom. The van der Waals surface area contributed by atoms with Crippen LogP contribution in [0.3, 0.4) is 0 Å². The first-order valence-electron chi connectivity index (χ1n) is 6.99. The molecule has 0 fully saturated rings. The summed E-state index contributed by atoms with van der Waals surface area (Å²) in [6.07, 6.45) is 0.831. The molecule has 0 spiro atoms. The molecule has 3 rings (SSSR count). The number of nitrogens with zero attached hydrogens (tertiary/aromatic N) is 5. The predicted molar refractivity (Wildman–Crippen MR) is 81.2 cm³/mol. The number of aryl methyl sites for hydroxylation is 2. The molecule has 0 aliphatic carbocycles. The van der Waals surface area contributed by atoms with Crippen LogP contribution in [0.25, 0.3) is 17.0 Å². The van der Waals surface area contributed by atoms with Gasteiger partial charge in [-0.1, -0.05) is 13.8 Å². The van der Waals surface area contributed by atoms with Crippen molar-refractivity contribution in [2.45, 2.75) is 34.1 Å². The summed E-state index contributed by atoms with van der Waals surface area (Å²) in [6, 6.07) is 1.93. The van der Waals surface area contributed by atoms with Crippen molar-refractivity contribution in [2.75, 3.05) is 5.73 Å². The van der Waals surface area contributed by atoms with Gasteiger partial charge >= 0.3 is 0 Å². The van der Waals surface area contributed by atoms with Crippen molar-refractivity contribution in [1.29, 1.82) is 0 Å². The maximum absolute atomic E-state index is 5.99. The van der Waals surface area contributed by atoms with Crippen LogP contribution >= 0.6 is 0 Å². The standard InChI is InChI=1S/C14H19N7/c1-7(2)5-10-11-12(15)18-19-13(11)21(20-10)14-16-8(3)6-9(4)17-14/h6-7H,5H2,1-4H3,(H3,15,18,19). The van der Waals surface area contributed by atoms with E-state index in [1.165, 1.54) is 0 Å². The number of aromatic nitrogens is 6. The molecule has 0 aliphatic rings. The Bertz CT molecular complexity index is 777. The number of nitrogens with one attached hydrogen (secondary N) is 1. The van der Waals surface area contributed by atoms with Crippen LogP contribution in [-0.4, -0.2) is 29.9 Å². The molecule has 0 bridgehead atoms. The minimum atomic E-state index is 0.478. The molecule has 0 saturated carbocycles. The zero-order valence-electron chi connectivity index (χ0n) is 12.7. The SMILES string of the molecule is Cc1cc(C)nc(-n2nc(CC(C)C)c3c(N)[nH]nc32)n1. The Labute approximate surface area is 122 Å².